The summed E-state index contributed by atoms with van der Waals surface area (Å²) < 4.78 is 1.07. The predicted octanol–water partition coefficient (Wildman–Crippen LogP) is 3.04. The van der Waals surface area contributed by atoms with Crippen LogP contribution in [0.2, 0.25) is 0 Å². The van der Waals surface area contributed by atoms with Crippen LogP contribution < -0.4 is 10.2 Å². The molecular weight excluding hydrogens is 322 g/mol. The van der Waals surface area contributed by atoms with Crippen LogP contribution in [0.4, 0.5) is 5.82 Å². The average Bonchev–Trinajstić information content (AvgIpc) is 3.22. The van der Waals surface area contributed by atoms with E-state index in [1.807, 2.05) is 18.0 Å². The second-order valence-electron chi connectivity index (χ2n) is 5.41. The fourth-order valence-electron chi connectivity index (χ4n) is 2.45. The summed E-state index contributed by atoms with van der Waals surface area (Å²) >= 11 is 5.59. The third kappa shape index (κ3) is 3.44. The van der Waals surface area contributed by atoms with Crippen molar-refractivity contribution in [1.29, 1.82) is 0 Å². The number of aromatic nitrogens is 1. The predicted molar refractivity (Wildman–Crippen MR) is 85.9 cm³/mol. The minimum Gasteiger partial charge on any atom is -0.352 e. The number of hydrogen-bond acceptors (Lipinski definition) is 4. The fraction of sp³-hybridized carbons (Fsp3) is 0.643. The summed E-state index contributed by atoms with van der Waals surface area (Å²) in [6.07, 6.45) is 4.57. The first-order valence-corrected chi connectivity index (χ1v) is 8.91. The second-order valence-corrected chi connectivity index (χ2v) is 7.47. The van der Waals surface area contributed by atoms with Crippen LogP contribution in [-0.2, 0) is 6.54 Å². The van der Waals surface area contributed by atoms with Crippen LogP contribution in [-0.4, -0.2) is 35.1 Å². The molecule has 1 atom stereocenters. The number of nitrogens with one attached hydrogen (secondary N) is 1. The molecule has 1 saturated heterocycles. The van der Waals surface area contributed by atoms with E-state index in [0.717, 1.165) is 23.6 Å². The van der Waals surface area contributed by atoms with Crippen molar-refractivity contribution in [3.8, 4) is 0 Å². The van der Waals surface area contributed by atoms with E-state index < -0.39 is 0 Å². The zero-order valence-corrected chi connectivity index (χ0v) is 13.6. The lowest BCUT2D eigenvalue weighted by molar-refractivity contribution is 0.657. The monoisotopic (exact) mass is 341 g/mol. The molecule has 1 aromatic heterocycles. The van der Waals surface area contributed by atoms with Gasteiger partial charge >= 0.3 is 0 Å². The molecule has 104 valence electrons. The molecule has 1 aliphatic carbocycles. The van der Waals surface area contributed by atoms with Crippen molar-refractivity contribution in [3.05, 3.63) is 22.3 Å². The van der Waals surface area contributed by atoms with E-state index in [1.54, 1.807) is 0 Å². The van der Waals surface area contributed by atoms with Gasteiger partial charge < -0.3 is 10.2 Å². The van der Waals surface area contributed by atoms with Crippen LogP contribution in [0.1, 0.15) is 25.3 Å². The fourth-order valence-corrected chi connectivity index (χ4v) is 3.84. The molecule has 1 N–H and O–H groups in total. The largest absolute Gasteiger partial charge is 0.352 e. The molecule has 2 fully saturated rings. The summed E-state index contributed by atoms with van der Waals surface area (Å²) in [5.41, 5.74) is 1.32. The van der Waals surface area contributed by atoms with Crippen molar-refractivity contribution >= 4 is 33.5 Å². The maximum atomic E-state index is 4.68. The molecule has 1 saturated carbocycles. The van der Waals surface area contributed by atoms with Gasteiger partial charge in [0, 0.05) is 52.9 Å². The number of anilines is 1. The van der Waals surface area contributed by atoms with Crippen LogP contribution in [0.3, 0.4) is 0 Å². The second kappa shape index (κ2) is 6.02. The van der Waals surface area contributed by atoms with Gasteiger partial charge in [0.15, 0.2) is 0 Å². The molecule has 1 aliphatic heterocycles. The Morgan fingerprint density at radius 2 is 2.37 bits per heavy atom. The number of hydrogen-bond donors (Lipinski definition) is 1. The van der Waals surface area contributed by atoms with E-state index in [0.29, 0.717) is 6.04 Å². The first-order valence-electron chi connectivity index (χ1n) is 6.96. The van der Waals surface area contributed by atoms with Crippen molar-refractivity contribution in [2.45, 2.75) is 38.4 Å². The molecule has 3 nitrogen and oxygen atoms in total. The molecule has 3 rings (SSSR count). The molecule has 0 amide bonds. The van der Waals surface area contributed by atoms with E-state index >= 15 is 0 Å². The van der Waals surface area contributed by atoms with Crippen LogP contribution in [0.5, 0.6) is 0 Å². The van der Waals surface area contributed by atoms with Crippen molar-refractivity contribution < 1.29 is 0 Å². The Morgan fingerprint density at radius 1 is 1.53 bits per heavy atom. The third-order valence-electron chi connectivity index (χ3n) is 3.71. The molecule has 1 aromatic rings. The zero-order chi connectivity index (χ0) is 13.2. The number of halogens is 1. The van der Waals surface area contributed by atoms with E-state index in [4.69, 9.17) is 0 Å². The third-order valence-corrected chi connectivity index (χ3v) is 5.33. The van der Waals surface area contributed by atoms with Gasteiger partial charge in [-0.2, -0.15) is 11.8 Å². The molecule has 0 spiro atoms. The van der Waals surface area contributed by atoms with Crippen molar-refractivity contribution in [2.75, 3.05) is 23.0 Å². The van der Waals surface area contributed by atoms with Gasteiger partial charge in [0.25, 0.3) is 0 Å². The van der Waals surface area contributed by atoms with Crippen molar-refractivity contribution in [2.24, 2.45) is 0 Å². The van der Waals surface area contributed by atoms with Gasteiger partial charge in [-0.1, -0.05) is 0 Å². The Balaban J connectivity index is 1.80. The lowest BCUT2D eigenvalue weighted by Crippen LogP contribution is -2.41. The topological polar surface area (TPSA) is 28.2 Å². The molecular formula is C14H20BrN3S. The van der Waals surface area contributed by atoms with E-state index in [2.05, 4.69) is 44.1 Å². The maximum Gasteiger partial charge on any atom is 0.133 e. The summed E-state index contributed by atoms with van der Waals surface area (Å²) in [6, 6.07) is 3.53. The van der Waals surface area contributed by atoms with Crippen LogP contribution >= 0.6 is 27.7 Å². The van der Waals surface area contributed by atoms with E-state index in [9.17, 15) is 0 Å². The SMILES string of the molecule is CC1CSCCN1c1ncc(Br)cc1CNC1CC1. The van der Waals surface area contributed by atoms with Gasteiger partial charge in [-0.15, -0.1) is 0 Å². The Kier molecular flexibility index (Phi) is 4.34. The Labute approximate surface area is 127 Å². The standard InChI is InChI=1S/C14H20BrN3S/c1-10-9-19-5-4-18(10)14-11(6-12(15)8-17-14)7-16-13-2-3-13/h6,8,10,13,16H,2-5,7,9H2,1H3. The minimum atomic E-state index is 0.576. The zero-order valence-electron chi connectivity index (χ0n) is 11.2. The lowest BCUT2D eigenvalue weighted by Gasteiger charge is -2.35. The maximum absolute atomic E-state index is 4.68. The van der Waals surface area contributed by atoms with Gasteiger partial charge in [-0.25, -0.2) is 4.98 Å². The quantitative estimate of drug-likeness (QED) is 0.910. The molecule has 0 radical (unpaired) electrons. The molecule has 0 bridgehead atoms. The first kappa shape index (κ1) is 13.7. The van der Waals surface area contributed by atoms with E-state index in [1.165, 1.54) is 35.7 Å². The molecule has 1 unspecified atom stereocenters. The van der Waals surface area contributed by atoms with Gasteiger partial charge in [0.2, 0.25) is 0 Å². The van der Waals surface area contributed by atoms with Crippen molar-refractivity contribution in [1.82, 2.24) is 10.3 Å². The molecule has 19 heavy (non-hydrogen) atoms. The van der Waals surface area contributed by atoms with Gasteiger partial charge in [-0.05, 0) is 41.8 Å². The van der Waals surface area contributed by atoms with Gasteiger partial charge in [0.1, 0.15) is 5.82 Å². The normalized spacial score (nSPS) is 23.7. The smallest absolute Gasteiger partial charge is 0.133 e. The summed E-state index contributed by atoms with van der Waals surface area (Å²) in [4.78, 5) is 7.15. The van der Waals surface area contributed by atoms with Crippen LogP contribution in [0, 0.1) is 0 Å². The Morgan fingerprint density at radius 3 is 3.11 bits per heavy atom. The van der Waals surface area contributed by atoms with Gasteiger partial charge in [0.05, 0.1) is 0 Å². The molecule has 2 aliphatic rings. The van der Waals surface area contributed by atoms with E-state index in [-0.39, 0.29) is 0 Å². The van der Waals surface area contributed by atoms with Crippen molar-refractivity contribution in [3.63, 3.8) is 0 Å². The molecule has 2 heterocycles. The summed E-state index contributed by atoms with van der Waals surface area (Å²) in [5, 5.41) is 3.60. The highest BCUT2D eigenvalue weighted by molar-refractivity contribution is 9.10. The molecule has 0 aromatic carbocycles. The summed E-state index contributed by atoms with van der Waals surface area (Å²) in [6.45, 7) is 4.34. The minimum absolute atomic E-state index is 0.576. The highest BCUT2D eigenvalue weighted by atomic mass is 79.9. The first-order chi connectivity index (χ1) is 9.24. The Hall–Kier alpha value is -0.260. The Bertz CT molecular complexity index is 450. The van der Waals surface area contributed by atoms with Crippen LogP contribution in [0.25, 0.3) is 0 Å². The highest BCUT2D eigenvalue weighted by Crippen LogP contribution is 2.28. The lowest BCUT2D eigenvalue weighted by atomic mass is 10.2. The van der Waals surface area contributed by atoms with Crippen LogP contribution in [0.15, 0.2) is 16.7 Å². The summed E-state index contributed by atoms with van der Waals surface area (Å²) in [5.74, 6) is 3.58. The number of thioether (sulfide) groups is 1. The number of nitrogens with zero attached hydrogens (tertiary/aromatic N) is 2. The average molecular weight is 342 g/mol. The number of pyridine rings is 1. The van der Waals surface area contributed by atoms with Gasteiger partial charge in [-0.3, -0.25) is 0 Å². The highest BCUT2D eigenvalue weighted by Gasteiger charge is 2.24. The number of rotatable bonds is 4. The molecule has 5 heteroatoms. The summed E-state index contributed by atoms with van der Waals surface area (Å²) in [7, 11) is 0.